The number of benzene rings is 3. The largest absolute Gasteiger partial charge is 0.456 e. The Kier molecular flexibility index (Phi) is 21.5. The molecule has 11 atom stereocenters. The van der Waals surface area contributed by atoms with Crippen molar-refractivity contribution in [3.8, 4) is 0 Å². The number of carbonyl (C=O) groups excluding carboxylic acids is 7. The van der Waals surface area contributed by atoms with Crippen molar-refractivity contribution in [3.05, 3.63) is 119 Å². The van der Waals surface area contributed by atoms with Crippen LogP contribution >= 0.6 is 0 Å². The molecule has 20 nitrogen and oxygen atoms in total. The molecule has 3 fully saturated rings. The Labute approximate surface area is 500 Å². The molecule has 3 aromatic carbocycles. The summed E-state index contributed by atoms with van der Waals surface area (Å²) in [5.74, 6) is -6.55. The quantitative estimate of drug-likeness (QED) is 0.0161. The predicted molar refractivity (Wildman–Crippen MR) is 319 cm³/mol. The number of alkyl carbamates (subject to hydrolysis) is 1. The molecule has 3 aromatic rings. The molecule has 1 heterocycles. The Morgan fingerprint density at radius 1 is 0.765 bits per heavy atom. The number of carbonyl (C=O) groups is 7. The van der Waals surface area contributed by atoms with Gasteiger partial charge in [-0.15, -0.1) is 0 Å². The van der Waals surface area contributed by atoms with E-state index in [0.29, 0.717) is 30.6 Å². The third kappa shape index (κ3) is 14.2. The number of unbranched alkanes of at least 4 members (excludes halogenated alkanes) is 1. The lowest BCUT2D eigenvalue weighted by Crippen LogP contribution is -2.82. The summed E-state index contributed by atoms with van der Waals surface area (Å²) >= 11 is 0. The first-order valence-electron chi connectivity index (χ1n) is 29.7. The lowest BCUT2D eigenvalue weighted by Gasteiger charge is -2.67. The lowest BCUT2D eigenvalue weighted by molar-refractivity contribution is -0.345. The topological polar surface area (TPSA) is 278 Å². The molecule has 2 saturated carbocycles. The van der Waals surface area contributed by atoms with Crippen LogP contribution in [0.2, 0.25) is 18.1 Å². The van der Waals surface area contributed by atoms with Crippen molar-refractivity contribution in [1.29, 1.82) is 0 Å². The highest BCUT2D eigenvalue weighted by Crippen LogP contribution is 2.65. The molecular weight excluding hydrogens is 1110 g/mol. The van der Waals surface area contributed by atoms with Crippen molar-refractivity contribution in [3.63, 3.8) is 0 Å². The van der Waals surface area contributed by atoms with Crippen molar-refractivity contribution < 1.29 is 71.5 Å². The maximum absolute atomic E-state index is 16.5. The van der Waals surface area contributed by atoms with Crippen LogP contribution in [0.3, 0.4) is 0 Å². The van der Waals surface area contributed by atoms with E-state index in [9.17, 15) is 29.1 Å². The van der Waals surface area contributed by atoms with E-state index in [1.54, 1.807) is 99.6 Å². The number of aliphatic hydroxyl groups is 1. The minimum atomic E-state index is -2.99. The van der Waals surface area contributed by atoms with Crippen LogP contribution in [-0.4, -0.2) is 149 Å². The molecule has 4 aliphatic rings. The fourth-order valence-electron chi connectivity index (χ4n) is 12.5. The number of esters is 4. The van der Waals surface area contributed by atoms with Gasteiger partial charge in [0, 0.05) is 44.2 Å². The number of fused-ring (bicyclic) bond motifs is 5. The fourth-order valence-corrected chi connectivity index (χ4v) is 13.7. The molecule has 464 valence electrons. The number of rotatable bonds is 25. The zero-order valence-electron chi connectivity index (χ0n) is 51.2. The molecule has 0 unspecified atom stereocenters. The first-order chi connectivity index (χ1) is 40.1. The van der Waals surface area contributed by atoms with Gasteiger partial charge >= 0.3 is 30.0 Å². The monoisotopic (exact) mass is 1200 g/mol. The van der Waals surface area contributed by atoms with Crippen LogP contribution in [-0.2, 0) is 52.0 Å². The maximum Gasteiger partial charge on any atom is 0.407 e. The summed E-state index contributed by atoms with van der Waals surface area (Å²) in [7, 11) is -2.99. The highest BCUT2D eigenvalue weighted by Gasteiger charge is 2.79. The third-order valence-electron chi connectivity index (χ3n) is 18.2. The van der Waals surface area contributed by atoms with Crippen LogP contribution in [0.25, 0.3) is 0 Å². The number of nitrogens with one attached hydrogen (secondary N) is 4. The average molecular weight is 1200 g/mol. The summed E-state index contributed by atoms with van der Waals surface area (Å²) in [6.45, 7) is 22.1. The minimum absolute atomic E-state index is 0.0191. The van der Waals surface area contributed by atoms with Gasteiger partial charge in [-0.1, -0.05) is 101 Å². The normalized spacial score (nSPS) is 26.8. The third-order valence-corrected chi connectivity index (χ3v) is 22.7. The Bertz CT molecular complexity index is 2890. The van der Waals surface area contributed by atoms with Crippen molar-refractivity contribution in [2.45, 2.75) is 173 Å². The summed E-state index contributed by atoms with van der Waals surface area (Å²) in [6, 6.07) is 24.2. The van der Waals surface area contributed by atoms with E-state index in [-0.39, 0.29) is 36.3 Å². The highest BCUT2D eigenvalue weighted by molar-refractivity contribution is 6.74. The average Bonchev–Trinajstić information content (AvgIpc) is 0.678. The van der Waals surface area contributed by atoms with Crippen molar-refractivity contribution in [2.75, 3.05) is 45.9 Å². The summed E-state index contributed by atoms with van der Waals surface area (Å²) < 4.78 is 45.5. The number of hydrogen-bond donors (Lipinski definition) is 6. The van der Waals surface area contributed by atoms with Gasteiger partial charge in [-0.25, -0.2) is 14.4 Å². The number of amides is 2. The minimum Gasteiger partial charge on any atom is -0.456 e. The number of ether oxygens (including phenoxy) is 6. The summed E-state index contributed by atoms with van der Waals surface area (Å²) in [5, 5.41) is 26.6. The van der Waals surface area contributed by atoms with E-state index in [4.69, 9.17) is 38.6 Å². The van der Waals surface area contributed by atoms with Crippen LogP contribution in [0.1, 0.15) is 133 Å². The zero-order chi connectivity index (χ0) is 62.1. The van der Waals surface area contributed by atoms with Gasteiger partial charge in [0.15, 0.2) is 31.9 Å². The second kappa shape index (κ2) is 27.6. The van der Waals surface area contributed by atoms with Gasteiger partial charge in [0.05, 0.1) is 29.5 Å². The predicted octanol–water partition coefficient (Wildman–Crippen LogP) is 7.20. The van der Waals surface area contributed by atoms with Gasteiger partial charge in [-0.05, 0) is 131 Å². The van der Waals surface area contributed by atoms with Gasteiger partial charge in [-0.2, -0.15) is 0 Å². The maximum atomic E-state index is 16.5. The van der Waals surface area contributed by atoms with Gasteiger partial charge in [0.1, 0.15) is 30.0 Å². The van der Waals surface area contributed by atoms with E-state index in [1.165, 1.54) is 26.0 Å². The van der Waals surface area contributed by atoms with Crippen LogP contribution in [0.4, 0.5) is 4.79 Å². The Balaban J connectivity index is 1.35. The van der Waals surface area contributed by atoms with E-state index in [1.807, 2.05) is 33.9 Å². The molecular formula is C64H89N5O15Si. The molecule has 21 heteroatoms. The molecule has 0 radical (unpaired) electrons. The standard InChI is InChI=1S/C64H89N5O15Si/c1-40-46(80-58(75)52(84-85(10,11)60(4,5)6)50(43-25-15-12-16-26-43)69-56(73)44-27-17-13-18-28-44)38-64(77)55(82-57(74)45-29-19-14-20-30-45)53-62(9,54(72)51(79-41(2)70)49(40)61(64,7)8)47(37-48-63(53,39-78-48)83-42(3)71)81-59(76)68-36-24-35-67-33-22-21-32-66-34-23-31-65/h12-20,25-30,46-48,50-53,55,66-67,77H,21-24,31-39,65H2,1-11H3,(H,68,76)(H,69,73)/t46-,47-,48+,50-,51+,52+,53-,55-,62+,63-,64+/m0/s1. The molecule has 7 rings (SSSR count). The van der Waals surface area contributed by atoms with Crippen molar-refractivity contribution in [1.82, 2.24) is 21.3 Å². The lowest BCUT2D eigenvalue weighted by atomic mass is 9.44. The Morgan fingerprint density at radius 3 is 1.89 bits per heavy atom. The first-order valence-corrected chi connectivity index (χ1v) is 32.6. The SMILES string of the molecule is CC(=O)O[C@H]1C(=O)[C@]2(C)[C@@H](OC(=O)NCCCNCCCCNCCCN)C[C@H]3OC[C@@]3(OC(C)=O)[C@H]2[C@H](OC(=O)c2ccccc2)[C@]2(O)C[C@H](OC(=O)[C@H](O[Si](C)(C)C(C)(C)C)[C@@H](NC(=O)c3ccccc3)c3ccccc3)C(C)=C1C2(C)C. The van der Waals surface area contributed by atoms with Crippen LogP contribution in [0.15, 0.2) is 102 Å². The molecule has 2 bridgehead atoms. The Hall–Kier alpha value is -6.33. The fraction of sp³-hybridized carbons (Fsp3) is 0.578. The van der Waals surface area contributed by atoms with Gasteiger partial charge in [0.25, 0.3) is 5.91 Å². The molecule has 1 saturated heterocycles. The summed E-state index contributed by atoms with van der Waals surface area (Å²) in [5.41, 5.74) is -1.45. The molecule has 0 aromatic heterocycles. The molecule has 3 aliphatic carbocycles. The van der Waals surface area contributed by atoms with Crippen LogP contribution < -0.4 is 27.0 Å². The Morgan fingerprint density at radius 2 is 1.34 bits per heavy atom. The molecule has 85 heavy (non-hydrogen) atoms. The van der Waals surface area contributed by atoms with Gasteiger partial charge in [0.2, 0.25) is 0 Å². The molecule has 2 amide bonds. The molecule has 1 aliphatic heterocycles. The van der Waals surface area contributed by atoms with Crippen LogP contribution in [0.5, 0.6) is 0 Å². The summed E-state index contributed by atoms with van der Waals surface area (Å²) in [6.07, 6.45) is -7.61. The second-order valence-corrected chi connectivity index (χ2v) is 30.0. The first kappa shape index (κ1) is 66.2. The van der Waals surface area contributed by atoms with E-state index < -0.39 is 132 Å². The van der Waals surface area contributed by atoms with Gasteiger partial charge in [-0.3, -0.25) is 19.2 Å². The van der Waals surface area contributed by atoms with Crippen LogP contribution in [0, 0.1) is 16.7 Å². The smallest absolute Gasteiger partial charge is 0.407 e. The zero-order valence-corrected chi connectivity index (χ0v) is 52.2. The second-order valence-electron chi connectivity index (χ2n) is 25.2. The number of Topliss-reactive ketones (excluding diaryl/α,β-unsaturated/α-hetero) is 1. The van der Waals surface area contributed by atoms with E-state index in [0.717, 1.165) is 45.8 Å². The number of ketones is 1. The van der Waals surface area contributed by atoms with Crippen molar-refractivity contribution >= 4 is 50.0 Å². The number of nitrogens with two attached hydrogens (primary N) is 1. The summed E-state index contributed by atoms with van der Waals surface area (Å²) in [4.78, 5) is 103. The highest BCUT2D eigenvalue weighted by atomic mass is 28.4. The van der Waals surface area contributed by atoms with Gasteiger partial charge < -0.3 is 65.0 Å². The molecule has 7 N–H and O–H groups in total. The number of hydrogen-bond acceptors (Lipinski definition) is 18. The van der Waals surface area contributed by atoms with E-state index >= 15 is 9.59 Å². The van der Waals surface area contributed by atoms with Crippen molar-refractivity contribution in [2.24, 2.45) is 22.5 Å². The van der Waals surface area contributed by atoms with E-state index in [2.05, 4.69) is 21.3 Å². The molecule has 0 spiro atoms.